The van der Waals surface area contributed by atoms with Crippen LogP contribution in [0.15, 0.2) is 22.9 Å². The van der Waals surface area contributed by atoms with Crippen LogP contribution in [0, 0.1) is 0 Å². The number of hydrogen-bond donors (Lipinski definition) is 1. The van der Waals surface area contributed by atoms with Crippen molar-refractivity contribution in [3.05, 3.63) is 22.9 Å². The molecule has 1 N–H and O–H groups in total. The maximum absolute atomic E-state index is 9.67. The van der Waals surface area contributed by atoms with E-state index < -0.39 is 5.60 Å². The topological polar surface area (TPSA) is 50.9 Å². The molecule has 0 aliphatic carbocycles. The van der Waals surface area contributed by atoms with E-state index in [1.54, 1.807) is 20.0 Å². The first-order valence-electron chi connectivity index (χ1n) is 5.16. The van der Waals surface area contributed by atoms with Crippen molar-refractivity contribution in [1.29, 1.82) is 0 Å². The summed E-state index contributed by atoms with van der Waals surface area (Å²) >= 11 is 3.32. The number of aliphatic hydroxyl groups is 1. The summed E-state index contributed by atoms with van der Waals surface area (Å²) in [4.78, 5) is 4.31. The number of aryl methyl sites for hydroxylation is 1. The Bertz CT molecular complexity index is 501. The Kier molecular flexibility index (Phi) is 2.99. The van der Waals surface area contributed by atoms with E-state index in [1.165, 1.54) is 0 Å². The van der Waals surface area contributed by atoms with Gasteiger partial charge in [-0.1, -0.05) is 0 Å². The van der Waals surface area contributed by atoms with Crippen LogP contribution in [0.5, 0.6) is 0 Å². The van der Waals surface area contributed by atoms with Crippen LogP contribution in [0.4, 0.5) is 0 Å². The van der Waals surface area contributed by atoms with Crippen molar-refractivity contribution in [1.82, 2.24) is 14.8 Å². The zero-order chi connectivity index (χ0) is 11.8. The first kappa shape index (κ1) is 11.5. The molecule has 0 amide bonds. The van der Waals surface area contributed by atoms with Crippen molar-refractivity contribution in [2.24, 2.45) is 0 Å². The molecule has 4 nitrogen and oxygen atoms in total. The van der Waals surface area contributed by atoms with E-state index in [0.717, 1.165) is 15.6 Å². The van der Waals surface area contributed by atoms with Crippen molar-refractivity contribution in [2.75, 3.05) is 0 Å². The first-order valence-corrected chi connectivity index (χ1v) is 5.95. The number of aromatic nitrogens is 3. The number of halogens is 1. The molecule has 16 heavy (non-hydrogen) atoms. The van der Waals surface area contributed by atoms with E-state index in [9.17, 15) is 5.11 Å². The van der Waals surface area contributed by atoms with E-state index in [-0.39, 0.29) is 0 Å². The lowest BCUT2D eigenvalue weighted by atomic mass is 10.1. The Morgan fingerprint density at radius 2 is 2.19 bits per heavy atom. The van der Waals surface area contributed by atoms with E-state index in [2.05, 4.69) is 26.0 Å². The SMILES string of the molecule is CC(C)(O)CCn1ncc2nc(Br)ccc21. The predicted octanol–water partition coefficient (Wildman–Crippen LogP) is 2.35. The van der Waals surface area contributed by atoms with Crippen molar-refractivity contribution in [3.63, 3.8) is 0 Å². The molecule has 2 aromatic heterocycles. The smallest absolute Gasteiger partial charge is 0.110 e. The molecule has 0 saturated carbocycles. The molecule has 2 heterocycles. The molecule has 0 bridgehead atoms. The monoisotopic (exact) mass is 283 g/mol. The van der Waals surface area contributed by atoms with Crippen molar-refractivity contribution >= 4 is 27.0 Å². The van der Waals surface area contributed by atoms with Gasteiger partial charge in [0.1, 0.15) is 10.1 Å². The number of rotatable bonds is 3. The Balaban J connectivity index is 2.25. The fourth-order valence-electron chi connectivity index (χ4n) is 1.50. The van der Waals surface area contributed by atoms with Crippen LogP contribution < -0.4 is 0 Å². The third-order valence-electron chi connectivity index (χ3n) is 2.40. The maximum atomic E-state index is 9.67. The maximum Gasteiger partial charge on any atom is 0.110 e. The van der Waals surface area contributed by atoms with Gasteiger partial charge in [-0.25, -0.2) is 4.98 Å². The van der Waals surface area contributed by atoms with E-state index in [0.29, 0.717) is 13.0 Å². The lowest BCUT2D eigenvalue weighted by Crippen LogP contribution is -2.21. The molecule has 0 radical (unpaired) electrons. The summed E-state index contributed by atoms with van der Waals surface area (Å²) < 4.78 is 2.68. The number of fused-ring (bicyclic) bond motifs is 1. The minimum absolute atomic E-state index is 0.666. The van der Waals surface area contributed by atoms with Gasteiger partial charge in [0, 0.05) is 6.54 Å². The minimum Gasteiger partial charge on any atom is -0.390 e. The van der Waals surface area contributed by atoms with Gasteiger partial charge in [0.05, 0.1) is 17.3 Å². The van der Waals surface area contributed by atoms with Gasteiger partial charge in [-0.3, -0.25) is 4.68 Å². The highest BCUT2D eigenvalue weighted by Gasteiger charge is 2.13. The van der Waals surface area contributed by atoms with Crippen LogP contribution in [0.25, 0.3) is 11.0 Å². The Morgan fingerprint density at radius 1 is 1.44 bits per heavy atom. The van der Waals surface area contributed by atoms with Gasteiger partial charge in [-0.15, -0.1) is 0 Å². The molecule has 0 atom stereocenters. The Labute approximate surface area is 102 Å². The Morgan fingerprint density at radius 3 is 2.88 bits per heavy atom. The molecular weight excluding hydrogens is 270 g/mol. The summed E-state index contributed by atoms with van der Waals surface area (Å²) in [5, 5.41) is 13.9. The van der Waals surface area contributed by atoms with Gasteiger partial charge < -0.3 is 5.11 Å². The van der Waals surface area contributed by atoms with Gasteiger partial charge in [0.15, 0.2) is 0 Å². The van der Waals surface area contributed by atoms with Gasteiger partial charge in [-0.05, 0) is 48.3 Å². The second-order valence-corrected chi connectivity index (χ2v) is 5.28. The molecule has 0 saturated heterocycles. The van der Waals surface area contributed by atoms with Crippen molar-refractivity contribution in [2.45, 2.75) is 32.4 Å². The molecule has 86 valence electrons. The van der Waals surface area contributed by atoms with Gasteiger partial charge in [0.25, 0.3) is 0 Å². The molecule has 2 rings (SSSR count). The fourth-order valence-corrected chi connectivity index (χ4v) is 1.82. The molecular formula is C11H14BrN3O. The lowest BCUT2D eigenvalue weighted by Gasteiger charge is -2.16. The molecule has 0 aliphatic rings. The fraction of sp³-hybridized carbons (Fsp3) is 0.455. The van der Waals surface area contributed by atoms with Crippen molar-refractivity contribution in [3.8, 4) is 0 Å². The van der Waals surface area contributed by atoms with E-state index in [4.69, 9.17) is 0 Å². The summed E-state index contributed by atoms with van der Waals surface area (Å²) in [7, 11) is 0. The van der Waals surface area contributed by atoms with Gasteiger partial charge in [-0.2, -0.15) is 5.10 Å². The predicted molar refractivity (Wildman–Crippen MR) is 66.1 cm³/mol. The second kappa shape index (κ2) is 4.14. The van der Waals surface area contributed by atoms with E-state index in [1.807, 2.05) is 16.8 Å². The molecule has 0 aliphatic heterocycles. The average molecular weight is 284 g/mol. The van der Waals surface area contributed by atoms with E-state index >= 15 is 0 Å². The summed E-state index contributed by atoms with van der Waals surface area (Å²) in [5.41, 5.74) is 1.19. The highest BCUT2D eigenvalue weighted by molar-refractivity contribution is 9.10. The molecule has 0 fully saturated rings. The highest BCUT2D eigenvalue weighted by Crippen LogP contribution is 2.17. The van der Waals surface area contributed by atoms with Crippen molar-refractivity contribution < 1.29 is 5.11 Å². The standard InChI is InChI=1S/C11H14BrN3O/c1-11(2,16)5-6-15-9-3-4-10(12)14-8(9)7-13-15/h3-4,7,16H,5-6H2,1-2H3. The second-order valence-electron chi connectivity index (χ2n) is 4.47. The zero-order valence-corrected chi connectivity index (χ0v) is 10.9. The molecule has 0 unspecified atom stereocenters. The minimum atomic E-state index is -0.666. The quantitative estimate of drug-likeness (QED) is 0.880. The van der Waals surface area contributed by atoms with Gasteiger partial charge >= 0.3 is 0 Å². The molecule has 0 aromatic carbocycles. The molecule has 5 heteroatoms. The van der Waals surface area contributed by atoms with Gasteiger partial charge in [0.2, 0.25) is 0 Å². The third kappa shape index (κ3) is 2.59. The van der Waals surface area contributed by atoms with Crippen LogP contribution >= 0.6 is 15.9 Å². The Hall–Kier alpha value is -0.940. The van der Waals surface area contributed by atoms with Crippen LogP contribution in [-0.2, 0) is 6.54 Å². The third-order valence-corrected chi connectivity index (χ3v) is 2.84. The first-order chi connectivity index (χ1) is 7.46. The highest BCUT2D eigenvalue weighted by atomic mass is 79.9. The van der Waals surface area contributed by atoms with Crippen LogP contribution in [0.2, 0.25) is 0 Å². The summed E-state index contributed by atoms with van der Waals surface area (Å²) in [5.74, 6) is 0. The van der Waals surface area contributed by atoms with Crippen LogP contribution in [0.3, 0.4) is 0 Å². The summed E-state index contributed by atoms with van der Waals surface area (Å²) in [6.45, 7) is 4.29. The molecule has 0 spiro atoms. The van der Waals surface area contributed by atoms with Crippen LogP contribution in [0.1, 0.15) is 20.3 Å². The summed E-state index contributed by atoms with van der Waals surface area (Å²) in [6, 6.07) is 3.87. The molecule has 2 aromatic rings. The number of hydrogen-bond acceptors (Lipinski definition) is 3. The largest absolute Gasteiger partial charge is 0.390 e. The normalized spacial score (nSPS) is 12.2. The average Bonchev–Trinajstić information content (AvgIpc) is 2.56. The zero-order valence-electron chi connectivity index (χ0n) is 9.31. The number of nitrogens with zero attached hydrogens (tertiary/aromatic N) is 3. The lowest BCUT2D eigenvalue weighted by molar-refractivity contribution is 0.0655. The van der Waals surface area contributed by atoms with Crippen LogP contribution in [-0.4, -0.2) is 25.5 Å². The number of pyridine rings is 1. The summed E-state index contributed by atoms with van der Waals surface area (Å²) in [6.07, 6.45) is 2.41.